The van der Waals surface area contributed by atoms with E-state index < -0.39 is 54.5 Å². The number of phenolic OH excluding ortho intramolecular Hbond substituents is 1. The molecule has 6 rings (SSSR count). The van der Waals surface area contributed by atoms with Crippen molar-refractivity contribution in [3.8, 4) is 16.9 Å². The van der Waals surface area contributed by atoms with Crippen LogP contribution in [-0.4, -0.2) is 78.6 Å². The third-order valence-electron chi connectivity index (χ3n) is 8.84. The smallest absolute Gasteiger partial charge is 0.243 e. The van der Waals surface area contributed by atoms with Gasteiger partial charge >= 0.3 is 0 Å². The minimum absolute atomic E-state index is 0.0101. The highest BCUT2D eigenvalue weighted by molar-refractivity contribution is 8.00. The first kappa shape index (κ1) is 33.1. The van der Waals surface area contributed by atoms with Crippen LogP contribution in [0.2, 0.25) is 0 Å². The first-order valence-electron chi connectivity index (χ1n) is 15.3. The van der Waals surface area contributed by atoms with Crippen molar-refractivity contribution in [2.75, 3.05) is 17.3 Å². The van der Waals surface area contributed by atoms with Crippen molar-refractivity contribution in [1.82, 2.24) is 0 Å². The van der Waals surface area contributed by atoms with Gasteiger partial charge in [0.1, 0.15) is 47.3 Å². The lowest BCUT2D eigenvalue weighted by atomic mass is 9.89. The number of para-hydroxylation sites is 1. The SMILES string of the molecule is O=C1C(SCCC(O)c2ccc(F)cc2)C(c2ccc(-c3ccc(C4OC(CO)C(O)C(O)C4O)cc3)cc2O)N1c1ccccc1. The van der Waals surface area contributed by atoms with Crippen LogP contribution in [-0.2, 0) is 9.53 Å². The van der Waals surface area contributed by atoms with E-state index in [-0.39, 0.29) is 17.5 Å². The van der Waals surface area contributed by atoms with Gasteiger partial charge in [-0.1, -0.05) is 66.7 Å². The average molecular weight is 662 g/mol. The van der Waals surface area contributed by atoms with Crippen LogP contribution >= 0.6 is 11.8 Å². The van der Waals surface area contributed by atoms with Crippen molar-refractivity contribution in [3.63, 3.8) is 0 Å². The standard InChI is InChI=1S/C36H36FNO8S/c37-24-13-10-21(11-14-24)27(40)16-17-47-35-30(38(36(35)45)25-4-2-1-3-5-25)26-15-12-23(18-28(26)41)20-6-8-22(9-7-20)34-33(44)32(43)31(42)29(19-39)46-34/h1-15,18,27,29-35,39-44H,16-17,19H2. The van der Waals surface area contributed by atoms with Crippen molar-refractivity contribution in [2.24, 2.45) is 0 Å². The number of carbonyl (C=O) groups excluding carboxylic acids is 1. The second kappa shape index (κ2) is 14.1. The molecule has 0 spiro atoms. The van der Waals surface area contributed by atoms with Crippen LogP contribution < -0.4 is 4.90 Å². The van der Waals surface area contributed by atoms with Crippen molar-refractivity contribution >= 4 is 23.4 Å². The molecule has 9 nitrogen and oxygen atoms in total. The summed E-state index contributed by atoms with van der Waals surface area (Å²) in [7, 11) is 0. The molecular formula is C36H36FNO8S. The molecule has 11 heteroatoms. The third kappa shape index (κ3) is 6.66. The van der Waals surface area contributed by atoms with Gasteiger partial charge in [0.05, 0.1) is 18.8 Å². The van der Waals surface area contributed by atoms with E-state index in [1.807, 2.05) is 36.4 Å². The number of anilines is 1. The maximum absolute atomic E-state index is 13.4. The number of aliphatic hydroxyl groups excluding tert-OH is 5. The summed E-state index contributed by atoms with van der Waals surface area (Å²) in [6.45, 7) is -0.517. The van der Waals surface area contributed by atoms with E-state index >= 15 is 0 Å². The monoisotopic (exact) mass is 661 g/mol. The van der Waals surface area contributed by atoms with Crippen molar-refractivity contribution in [1.29, 1.82) is 0 Å². The van der Waals surface area contributed by atoms with Gasteiger partial charge in [-0.05, 0) is 64.8 Å². The number of thioether (sulfide) groups is 1. The fourth-order valence-corrected chi connectivity index (χ4v) is 7.50. The largest absolute Gasteiger partial charge is 0.508 e. The number of aliphatic hydroxyl groups is 5. The Labute approximate surface area is 275 Å². The topological polar surface area (TPSA) is 151 Å². The summed E-state index contributed by atoms with van der Waals surface area (Å²) in [5.41, 5.74) is 3.89. The Bertz CT molecular complexity index is 1670. The second-order valence-corrected chi connectivity index (χ2v) is 13.0. The van der Waals surface area contributed by atoms with Gasteiger partial charge < -0.3 is 40.3 Å². The third-order valence-corrected chi connectivity index (χ3v) is 10.1. The molecule has 47 heavy (non-hydrogen) atoms. The second-order valence-electron chi connectivity index (χ2n) is 11.8. The first-order chi connectivity index (χ1) is 22.7. The number of carbonyl (C=O) groups is 1. The number of amides is 1. The van der Waals surface area contributed by atoms with Gasteiger partial charge in [-0.15, -0.1) is 11.8 Å². The van der Waals surface area contributed by atoms with Gasteiger partial charge in [-0.2, -0.15) is 0 Å². The summed E-state index contributed by atoms with van der Waals surface area (Å²) in [4.78, 5) is 15.1. The molecule has 2 saturated heterocycles. The van der Waals surface area contributed by atoms with Crippen LogP contribution in [0.25, 0.3) is 11.1 Å². The number of nitrogens with zero attached hydrogens (tertiary/aromatic N) is 1. The van der Waals surface area contributed by atoms with Crippen LogP contribution in [0.3, 0.4) is 0 Å². The summed E-state index contributed by atoms with van der Waals surface area (Å²) in [5.74, 6) is -0.00551. The van der Waals surface area contributed by atoms with Crippen LogP contribution in [0.15, 0.2) is 97.1 Å². The highest BCUT2D eigenvalue weighted by atomic mass is 32.2. The molecule has 8 unspecified atom stereocenters. The number of β-lactam (4-membered cyclic amide) rings is 1. The van der Waals surface area contributed by atoms with Crippen LogP contribution in [0.5, 0.6) is 5.75 Å². The molecule has 0 saturated carbocycles. The van der Waals surface area contributed by atoms with Gasteiger partial charge in [0.15, 0.2) is 0 Å². The Morgan fingerprint density at radius 1 is 0.851 bits per heavy atom. The minimum Gasteiger partial charge on any atom is -0.508 e. The molecule has 0 aliphatic carbocycles. The molecule has 8 atom stereocenters. The lowest BCUT2D eigenvalue weighted by Gasteiger charge is -2.47. The molecule has 2 aliphatic heterocycles. The van der Waals surface area contributed by atoms with Gasteiger partial charge in [0, 0.05) is 11.3 Å². The zero-order valence-electron chi connectivity index (χ0n) is 25.2. The number of rotatable bonds is 10. The molecule has 4 aromatic carbocycles. The molecule has 0 bridgehead atoms. The number of aromatic hydroxyl groups is 1. The predicted octanol–water partition coefficient (Wildman–Crippen LogP) is 4.03. The van der Waals surface area contributed by atoms with Crippen molar-refractivity contribution in [2.45, 2.75) is 54.3 Å². The molecule has 2 aliphatic rings. The molecule has 0 aromatic heterocycles. The summed E-state index contributed by atoms with van der Waals surface area (Å²) in [6.07, 6.45) is -6.73. The van der Waals surface area contributed by atoms with E-state index in [0.29, 0.717) is 40.1 Å². The van der Waals surface area contributed by atoms with E-state index in [1.54, 1.807) is 53.4 Å². The number of phenols is 1. The molecule has 2 fully saturated rings. The van der Waals surface area contributed by atoms with Crippen LogP contribution in [0.4, 0.5) is 10.1 Å². The van der Waals surface area contributed by atoms with E-state index in [0.717, 1.165) is 5.56 Å². The molecule has 2 heterocycles. The predicted molar refractivity (Wildman–Crippen MR) is 175 cm³/mol. The van der Waals surface area contributed by atoms with E-state index in [9.17, 15) is 39.8 Å². The van der Waals surface area contributed by atoms with E-state index in [1.165, 1.54) is 23.9 Å². The van der Waals surface area contributed by atoms with Gasteiger partial charge in [0.25, 0.3) is 0 Å². The maximum atomic E-state index is 13.4. The van der Waals surface area contributed by atoms with Gasteiger partial charge in [-0.25, -0.2) is 4.39 Å². The lowest BCUT2D eigenvalue weighted by Crippen LogP contribution is -2.57. The fourth-order valence-electron chi connectivity index (χ4n) is 6.18. The zero-order chi connectivity index (χ0) is 33.2. The van der Waals surface area contributed by atoms with Crippen molar-refractivity contribution < 1.29 is 44.6 Å². The highest BCUT2D eigenvalue weighted by Crippen LogP contribution is 2.48. The summed E-state index contributed by atoms with van der Waals surface area (Å²) in [6, 6.07) is 26.7. The average Bonchev–Trinajstić information content (AvgIpc) is 3.09. The number of ether oxygens (including phenoxy) is 1. The molecule has 6 N–H and O–H groups in total. The van der Waals surface area contributed by atoms with Gasteiger partial charge in [-0.3, -0.25) is 4.79 Å². The summed E-state index contributed by atoms with van der Waals surface area (Å²) in [5, 5.41) is 61.7. The fraction of sp³-hybridized carbons (Fsp3) is 0.306. The van der Waals surface area contributed by atoms with E-state index in [4.69, 9.17) is 4.74 Å². The van der Waals surface area contributed by atoms with Crippen LogP contribution in [0, 0.1) is 5.82 Å². The zero-order valence-corrected chi connectivity index (χ0v) is 26.0. The summed E-state index contributed by atoms with van der Waals surface area (Å²) < 4.78 is 19.0. The Morgan fingerprint density at radius 3 is 2.19 bits per heavy atom. The Morgan fingerprint density at radius 2 is 1.53 bits per heavy atom. The molecular weight excluding hydrogens is 625 g/mol. The molecule has 1 amide bonds. The lowest BCUT2D eigenvalue weighted by molar-refractivity contribution is -0.231. The Hall–Kier alpha value is -3.81. The quantitative estimate of drug-likeness (QED) is 0.139. The number of benzene rings is 4. The molecule has 0 radical (unpaired) electrons. The van der Waals surface area contributed by atoms with Gasteiger partial charge in [0.2, 0.25) is 5.91 Å². The Kier molecular flexibility index (Phi) is 9.95. The highest BCUT2D eigenvalue weighted by Gasteiger charge is 2.50. The normalized spacial score (nSPS) is 26.6. The maximum Gasteiger partial charge on any atom is 0.243 e. The number of hydrogen-bond acceptors (Lipinski definition) is 9. The number of hydrogen-bond donors (Lipinski definition) is 6. The van der Waals surface area contributed by atoms with Crippen molar-refractivity contribution in [3.05, 3.63) is 120 Å². The van der Waals surface area contributed by atoms with E-state index in [2.05, 4.69) is 0 Å². The Balaban J connectivity index is 1.20. The number of halogens is 1. The van der Waals surface area contributed by atoms with Crippen LogP contribution in [0.1, 0.15) is 41.4 Å². The first-order valence-corrected chi connectivity index (χ1v) is 16.4. The summed E-state index contributed by atoms with van der Waals surface area (Å²) >= 11 is 1.41. The minimum atomic E-state index is -1.48. The molecule has 246 valence electrons. The molecule has 4 aromatic rings.